The number of rotatable bonds is 6. The molecule has 74 valence electrons. The fourth-order valence-electron chi connectivity index (χ4n) is 1.09. The molecule has 1 heterocycles. The topological polar surface area (TPSA) is 37.8 Å². The van der Waals surface area contributed by atoms with Gasteiger partial charge in [-0.25, -0.2) is 0 Å². The third kappa shape index (κ3) is 3.30. The van der Waals surface area contributed by atoms with Gasteiger partial charge in [-0.15, -0.1) is 0 Å². The third-order valence-corrected chi connectivity index (χ3v) is 2.43. The minimum absolute atomic E-state index is 0.991. The highest BCUT2D eigenvalue weighted by Gasteiger charge is 2.05. The number of aryl methyl sites for hydroxylation is 1. The number of anilines is 1. The Morgan fingerprint density at radius 2 is 2.08 bits per heavy atom. The van der Waals surface area contributed by atoms with Crippen molar-refractivity contribution in [3.8, 4) is 0 Å². The minimum atomic E-state index is 0.991. The summed E-state index contributed by atoms with van der Waals surface area (Å²) in [6.07, 6.45) is 4.60. The van der Waals surface area contributed by atoms with Gasteiger partial charge in [-0.05, 0) is 19.3 Å². The summed E-state index contributed by atoms with van der Waals surface area (Å²) in [5, 5.41) is 3.29. The van der Waals surface area contributed by atoms with Gasteiger partial charge in [0.2, 0.25) is 0 Å². The van der Waals surface area contributed by atoms with Gasteiger partial charge in [-0.1, -0.05) is 20.3 Å². The smallest absolute Gasteiger partial charge is 0.163 e. The van der Waals surface area contributed by atoms with Gasteiger partial charge >= 0.3 is 0 Å². The minimum Gasteiger partial charge on any atom is -0.368 e. The van der Waals surface area contributed by atoms with E-state index in [0.717, 1.165) is 30.9 Å². The molecule has 4 heteroatoms. The maximum atomic E-state index is 4.27. The highest BCUT2D eigenvalue weighted by molar-refractivity contribution is 6.99. The first-order valence-electron chi connectivity index (χ1n) is 4.93. The van der Waals surface area contributed by atoms with Crippen LogP contribution in [-0.4, -0.2) is 15.3 Å². The molecule has 0 aliphatic heterocycles. The van der Waals surface area contributed by atoms with E-state index in [2.05, 4.69) is 27.9 Å². The molecule has 0 saturated carbocycles. The van der Waals surface area contributed by atoms with Gasteiger partial charge in [0.05, 0.1) is 17.4 Å². The number of nitrogens with zero attached hydrogens (tertiary/aromatic N) is 2. The van der Waals surface area contributed by atoms with E-state index in [0.29, 0.717) is 0 Å². The molecule has 0 spiro atoms. The third-order valence-electron chi connectivity index (χ3n) is 1.87. The molecule has 1 rings (SSSR count). The molecule has 0 unspecified atom stereocenters. The normalized spacial score (nSPS) is 10.3. The highest BCUT2D eigenvalue weighted by Crippen LogP contribution is 2.14. The van der Waals surface area contributed by atoms with Gasteiger partial charge in [0.25, 0.3) is 0 Å². The van der Waals surface area contributed by atoms with Gasteiger partial charge in [0, 0.05) is 6.54 Å². The molecule has 0 fully saturated rings. The van der Waals surface area contributed by atoms with Gasteiger partial charge < -0.3 is 5.32 Å². The second-order valence-corrected chi connectivity index (χ2v) is 3.62. The fraction of sp³-hybridized carbons (Fsp3) is 0.778. The van der Waals surface area contributed by atoms with E-state index >= 15 is 0 Å². The van der Waals surface area contributed by atoms with Crippen molar-refractivity contribution in [3.63, 3.8) is 0 Å². The molecule has 0 aromatic carbocycles. The first kappa shape index (κ1) is 10.4. The zero-order valence-electron chi connectivity index (χ0n) is 8.34. The van der Waals surface area contributed by atoms with Crippen LogP contribution >= 0.6 is 11.7 Å². The molecule has 0 amide bonds. The molecule has 13 heavy (non-hydrogen) atoms. The van der Waals surface area contributed by atoms with Crippen LogP contribution in [0.15, 0.2) is 0 Å². The maximum absolute atomic E-state index is 4.27. The molecular formula is C9H17N3S. The Labute approximate surface area is 83.9 Å². The molecule has 0 aliphatic carbocycles. The van der Waals surface area contributed by atoms with Crippen LogP contribution in [0.25, 0.3) is 0 Å². The van der Waals surface area contributed by atoms with Crippen molar-refractivity contribution in [3.05, 3.63) is 5.69 Å². The molecule has 0 atom stereocenters. The van der Waals surface area contributed by atoms with Crippen molar-refractivity contribution < 1.29 is 0 Å². The fourth-order valence-corrected chi connectivity index (χ4v) is 1.66. The summed E-state index contributed by atoms with van der Waals surface area (Å²) in [6.45, 7) is 5.34. The molecule has 0 bridgehead atoms. The van der Waals surface area contributed by atoms with Crippen LogP contribution in [0.4, 0.5) is 5.82 Å². The standard InChI is InChI=1S/C9H17N3S/c1-3-5-6-8-9(10-7-4-2)12-13-11-8/h3-7H2,1-2H3,(H,10,12). The van der Waals surface area contributed by atoms with E-state index in [9.17, 15) is 0 Å². The van der Waals surface area contributed by atoms with Gasteiger partial charge in [-0.3, -0.25) is 0 Å². The zero-order valence-corrected chi connectivity index (χ0v) is 9.15. The van der Waals surface area contributed by atoms with Gasteiger partial charge in [0.15, 0.2) is 5.82 Å². The van der Waals surface area contributed by atoms with E-state index < -0.39 is 0 Å². The summed E-state index contributed by atoms with van der Waals surface area (Å²) in [6, 6.07) is 0. The van der Waals surface area contributed by atoms with Crippen LogP contribution in [0.2, 0.25) is 0 Å². The highest BCUT2D eigenvalue weighted by atomic mass is 32.1. The number of nitrogens with one attached hydrogen (secondary N) is 1. The second kappa shape index (κ2) is 5.91. The van der Waals surface area contributed by atoms with Crippen LogP contribution in [-0.2, 0) is 6.42 Å². The Kier molecular flexibility index (Phi) is 4.75. The van der Waals surface area contributed by atoms with Crippen molar-refractivity contribution >= 4 is 17.5 Å². The summed E-state index contributed by atoms with van der Waals surface area (Å²) in [5.74, 6) is 1.00. The summed E-state index contributed by atoms with van der Waals surface area (Å²) in [5.41, 5.74) is 1.14. The SMILES string of the molecule is CCCCc1nsnc1NCCC. The molecule has 0 radical (unpaired) electrons. The Morgan fingerprint density at radius 1 is 1.23 bits per heavy atom. The lowest BCUT2D eigenvalue weighted by Crippen LogP contribution is -2.02. The van der Waals surface area contributed by atoms with Crippen LogP contribution in [0.3, 0.4) is 0 Å². The average Bonchev–Trinajstić information content (AvgIpc) is 2.59. The van der Waals surface area contributed by atoms with Gasteiger partial charge in [0.1, 0.15) is 0 Å². The lowest BCUT2D eigenvalue weighted by molar-refractivity contribution is 0.783. The number of hydrogen-bond donors (Lipinski definition) is 1. The number of hydrogen-bond acceptors (Lipinski definition) is 4. The summed E-state index contributed by atoms with van der Waals surface area (Å²) >= 11 is 1.30. The van der Waals surface area contributed by atoms with E-state index in [-0.39, 0.29) is 0 Å². The van der Waals surface area contributed by atoms with Crippen molar-refractivity contribution in [2.45, 2.75) is 39.5 Å². The largest absolute Gasteiger partial charge is 0.368 e. The summed E-state index contributed by atoms with van der Waals surface area (Å²) in [7, 11) is 0. The van der Waals surface area contributed by atoms with Crippen molar-refractivity contribution in [1.29, 1.82) is 0 Å². The molecule has 3 nitrogen and oxygen atoms in total. The quantitative estimate of drug-likeness (QED) is 0.765. The number of unbranched alkanes of at least 4 members (excludes halogenated alkanes) is 1. The van der Waals surface area contributed by atoms with Crippen LogP contribution in [0.5, 0.6) is 0 Å². The Morgan fingerprint density at radius 3 is 2.77 bits per heavy atom. The zero-order chi connectivity index (χ0) is 9.52. The molecule has 1 aromatic heterocycles. The lowest BCUT2D eigenvalue weighted by atomic mass is 10.2. The predicted molar refractivity (Wildman–Crippen MR) is 57.3 cm³/mol. The first-order valence-corrected chi connectivity index (χ1v) is 5.66. The molecule has 0 aliphatic rings. The van der Waals surface area contributed by atoms with E-state index in [1.807, 2.05) is 0 Å². The molecule has 1 aromatic rings. The van der Waals surface area contributed by atoms with E-state index in [1.165, 1.54) is 24.6 Å². The second-order valence-electron chi connectivity index (χ2n) is 3.09. The van der Waals surface area contributed by atoms with E-state index in [4.69, 9.17) is 0 Å². The molecule has 1 N–H and O–H groups in total. The van der Waals surface area contributed by atoms with Gasteiger partial charge in [-0.2, -0.15) is 8.75 Å². The predicted octanol–water partition coefficient (Wildman–Crippen LogP) is 2.70. The first-order chi connectivity index (χ1) is 6.38. The molecular weight excluding hydrogens is 182 g/mol. The lowest BCUT2D eigenvalue weighted by Gasteiger charge is -2.01. The Bertz CT molecular complexity index is 212. The monoisotopic (exact) mass is 199 g/mol. The summed E-state index contributed by atoms with van der Waals surface area (Å²) in [4.78, 5) is 0. The average molecular weight is 199 g/mol. The Balaban J connectivity index is 2.45. The van der Waals surface area contributed by atoms with Crippen molar-refractivity contribution in [1.82, 2.24) is 8.75 Å². The molecule has 0 saturated heterocycles. The van der Waals surface area contributed by atoms with E-state index in [1.54, 1.807) is 0 Å². The Hall–Kier alpha value is -0.640. The van der Waals surface area contributed by atoms with Crippen LogP contribution in [0.1, 0.15) is 38.8 Å². The summed E-state index contributed by atoms with van der Waals surface area (Å²) < 4.78 is 8.50. The van der Waals surface area contributed by atoms with Crippen LogP contribution in [0, 0.1) is 0 Å². The number of aromatic nitrogens is 2. The maximum Gasteiger partial charge on any atom is 0.163 e. The van der Waals surface area contributed by atoms with Crippen LogP contribution < -0.4 is 5.32 Å². The van der Waals surface area contributed by atoms with Crippen molar-refractivity contribution in [2.24, 2.45) is 0 Å². The van der Waals surface area contributed by atoms with Crippen molar-refractivity contribution in [2.75, 3.05) is 11.9 Å².